The van der Waals surface area contributed by atoms with Crippen LogP contribution in [0.2, 0.25) is 5.02 Å². The third-order valence-corrected chi connectivity index (χ3v) is 4.64. The number of fused-ring (bicyclic) bond motifs is 2. The fraction of sp³-hybridized carbons (Fsp3) is 0.235. The lowest BCUT2D eigenvalue weighted by Gasteiger charge is -2.13. The van der Waals surface area contributed by atoms with E-state index >= 15 is 0 Å². The first-order chi connectivity index (χ1) is 14.0. The van der Waals surface area contributed by atoms with Crippen LogP contribution < -0.4 is 0 Å². The maximum absolute atomic E-state index is 13.7. The fourth-order valence-electron chi connectivity index (χ4n) is 3.11. The van der Waals surface area contributed by atoms with Gasteiger partial charge in [0.15, 0.2) is 5.65 Å². The van der Waals surface area contributed by atoms with E-state index in [1.54, 1.807) is 0 Å². The average Bonchev–Trinajstić information content (AvgIpc) is 3.25. The number of nitrogens with one attached hydrogen (secondary N) is 1. The van der Waals surface area contributed by atoms with Crippen LogP contribution in [0.25, 0.3) is 27.8 Å². The molecule has 0 aliphatic carbocycles. The highest BCUT2D eigenvalue weighted by Gasteiger charge is 2.40. The molecular weight excluding hydrogens is 443 g/mol. The largest absolute Gasteiger partial charge is 0.450 e. The predicted molar refractivity (Wildman–Crippen MR) is 93.2 cm³/mol. The second-order valence-corrected chi connectivity index (χ2v) is 6.71. The van der Waals surface area contributed by atoms with E-state index < -0.39 is 48.1 Å². The lowest BCUT2D eigenvalue weighted by Crippen LogP contribution is -2.15. The van der Waals surface area contributed by atoms with E-state index in [0.29, 0.717) is 21.5 Å². The van der Waals surface area contributed by atoms with Crippen molar-refractivity contribution in [3.8, 4) is 5.69 Å². The Kier molecular flexibility index (Phi) is 4.64. The van der Waals surface area contributed by atoms with E-state index in [2.05, 4.69) is 20.2 Å². The van der Waals surface area contributed by atoms with Crippen LogP contribution in [-0.2, 0) is 18.8 Å². The number of aryl methyl sites for hydroxylation is 1. The van der Waals surface area contributed by atoms with Gasteiger partial charge >= 0.3 is 12.4 Å². The minimum atomic E-state index is -5.04. The molecule has 0 aliphatic heterocycles. The Labute approximate surface area is 167 Å². The number of H-pyrrole nitrogens is 1. The molecular formula is C17H9ClF7N5. The molecule has 0 aliphatic rings. The summed E-state index contributed by atoms with van der Waals surface area (Å²) in [6.45, 7) is -1.09. The van der Waals surface area contributed by atoms with E-state index in [0.717, 1.165) is 6.07 Å². The van der Waals surface area contributed by atoms with Gasteiger partial charge in [-0.2, -0.15) is 31.4 Å². The lowest BCUT2D eigenvalue weighted by atomic mass is 10.1. The third-order valence-electron chi connectivity index (χ3n) is 4.35. The topological polar surface area (TPSA) is 59.4 Å². The predicted octanol–water partition coefficient (Wildman–Crippen LogP) is 5.50. The number of aromatic amines is 1. The van der Waals surface area contributed by atoms with Crippen molar-refractivity contribution in [3.63, 3.8) is 0 Å². The van der Waals surface area contributed by atoms with Gasteiger partial charge in [0.25, 0.3) is 0 Å². The molecule has 0 saturated carbocycles. The van der Waals surface area contributed by atoms with Gasteiger partial charge in [0.05, 0.1) is 29.1 Å². The van der Waals surface area contributed by atoms with Crippen molar-refractivity contribution in [3.05, 3.63) is 46.5 Å². The second-order valence-electron chi connectivity index (χ2n) is 6.31. The maximum Gasteiger partial charge on any atom is 0.450 e. The van der Waals surface area contributed by atoms with Crippen LogP contribution in [0, 0.1) is 0 Å². The van der Waals surface area contributed by atoms with Crippen molar-refractivity contribution >= 4 is 33.7 Å². The minimum Gasteiger partial charge on any atom is -0.276 e. The van der Waals surface area contributed by atoms with Crippen LogP contribution in [-0.4, -0.2) is 31.4 Å². The number of imidazole rings is 1. The molecule has 3 heterocycles. The van der Waals surface area contributed by atoms with Gasteiger partial charge in [-0.05, 0) is 23.8 Å². The summed E-state index contributed by atoms with van der Waals surface area (Å²) >= 11 is 6.09. The van der Waals surface area contributed by atoms with Gasteiger partial charge in [0.2, 0.25) is 5.82 Å². The van der Waals surface area contributed by atoms with Crippen molar-refractivity contribution in [2.45, 2.75) is 18.8 Å². The quantitative estimate of drug-likeness (QED) is 0.418. The number of alkyl halides is 7. The molecule has 0 atom stereocenters. The van der Waals surface area contributed by atoms with Crippen molar-refractivity contribution in [2.75, 3.05) is 6.67 Å². The Hall–Kier alpha value is -2.89. The molecule has 0 spiro atoms. The highest BCUT2D eigenvalue weighted by molar-refractivity contribution is 6.35. The van der Waals surface area contributed by atoms with Crippen LogP contribution in [0.1, 0.15) is 17.1 Å². The summed E-state index contributed by atoms with van der Waals surface area (Å²) in [7, 11) is 0. The van der Waals surface area contributed by atoms with Gasteiger partial charge < -0.3 is 0 Å². The standard InChI is InChI=1S/C17H9ClF7N5/c18-10-5-9(3-8-6-26-29-12(8)10)30-14-13(28-15(30)17(23,24)25)7(1-2-19)4-11(27-14)16(20,21)22/h3-6H,1-2H2,(H,26,29). The molecule has 5 nitrogen and oxygen atoms in total. The van der Waals surface area contributed by atoms with E-state index in [1.807, 2.05) is 0 Å². The van der Waals surface area contributed by atoms with Crippen LogP contribution >= 0.6 is 11.6 Å². The normalized spacial score (nSPS) is 12.9. The highest BCUT2D eigenvalue weighted by Crippen LogP contribution is 2.38. The van der Waals surface area contributed by atoms with Crippen molar-refractivity contribution in [2.24, 2.45) is 0 Å². The van der Waals surface area contributed by atoms with E-state index in [1.165, 1.54) is 12.3 Å². The Morgan fingerprint density at radius 1 is 1.00 bits per heavy atom. The van der Waals surface area contributed by atoms with Gasteiger partial charge in [0.1, 0.15) is 11.2 Å². The summed E-state index contributed by atoms with van der Waals surface area (Å²) in [6.07, 6.45) is -9.26. The summed E-state index contributed by atoms with van der Waals surface area (Å²) in [5.41, 5.74) is -2.86. The second kappa shape index (κ2) is 6.83. The molecule has 0 bridgehead atoms. The summed E-state index contributed by atoms with van der Waals surface area (Å²) < 4.78 is 94.4. The molecule has 3 aromatic heterocycles. The van der Waals surface area contributed by atoms with Crippen LogP contribution in [0.3, 0.4) is 0 Å². The number of aromatic nitrogens is 5. The van der Waals surface area contributed by atoms with Crippen LogP contribution in [0.15, 0.2) is 24.4 Å². The zero-order valence-corrected chi connectivity index (χ0v) is 15.3. The first-order valence-electron chi connectivity index (χ1n) is 8.26. The molecule has 0 unspecified atom stereocenters. The minimum absolute atomic E-state index is 0.00840. The third kappa shape index (κ3) is 3.34. The molecule has 13 heteroatoms. The highest BCUT2D eigenvalue weighted by atomic mass is 35.5. The Morgan fingerprint density at radius 3 is 2.37 bits per heavy atom. The van der Waals surface area contributed by atoms with E-state index in [-0.39, 0.29) is 16.3 Å². The summed E-state index contributed by atoms with van der Waals surface area (Å²) in [5, 5.41) is 6.62. The molecule has 0 saturated heterocycles. The Bertz CT molecular complexity index is 1260. The van der Waals surface area contributed by atoms with E-state index in [4.69, 9.17) is 11.6 Å². The zero-order valence-electron chi connectivity index (χ0n) is 14.5. The van der Waals surface area contributed by atoms with Gasteiger partial charge in [-0.25, -0.2) is 9.97 Å². The molecule has 0 radical (unpaired) electrons. The number of benzene rings is 1. The van der Waals surface area contributed by atoms with Gasteiger partial charge in [-0.3, -0.25) is 14.1 Å². The summed E-state index contributed by atoms with van der Waals surface area (Å²) in [6, 6.07) is 2.87. The fourth-order valence-corrected chi connectivity index (χ4v) is 3.37. The SMILES string of the molecule is FCCc1cc(C(F)(F)F)nc2c1nc(C(F)(F)F)n2-c1cc(Cl)c2[nH]ncc2c1. The number of hydrogen-bond donors (Lipinski definition) is 1. The van der Waals surface area contributed by atoms with Crippen molar-refractivity contribution in [1.82, 2.24) is 24.7 Å². The maximum atomic E-state index is 13.7. The smallest absolute Gasteiger partial charge is 0.276 e. The number of halogens is 8. The van der Waals surface area contributed by atoms with E-state index in [9.17, 15) is 30.7 Å². The number of pyridine rings is 1. The Morgan fingerprint density at radius 2 is 1.73 bits per heavy atom. The van der Waals surface area contributed by atoms with Gasteiger partial charge in [0, 0.05) is 11.8 Å². The molecule has 30 heavy (non-hydrogen) atoms. The summed E-state index contributed by atoms with van der Waals surface area (Å²) in [4.78, 5) is 6.86. The molecule has 4 rings (SSSR count). The first-order valence-corrected chi connectivity index (χ1v) is 8.64. The molecule has 4 aromatic rings. The first kappa shape index (κ1) is 20.4. The van der Waals surface area contributed by atoms with Crippen molar-refractivity contribution < 1.29 is 30.7 Å². The number of hydrogen-bond acceptors (Lipinski definition) is 3. The van der Waals surface area contributed by atoms with Crippen LogP contribution in [0.4, 0.5) is 30.7 Å². The Balaban J connectivity index is 2.13. The summed E-state index contributed by atoms with van der Waals surface area (Å²) in [5.74, 6) is -1.51. The van der Waals surface area contributed by atoms with Gasteiger partial charge in [-0.1, -0.05) is 11.6 Å². The number of rotatable bonds is 3. The molecule has 158 valence electrons. The molecule has 0 fully saturated rings. The molecule has 0 amide bonds. The monoisotopic (exact) mass is 451 g/mol. The molecule has 1 aromatic carbocycles. The zero-order chi connectivity index (χ0) is 21.8. The average molecular weight is 452 g/mol. The van der Waals surface area contributed by atoms with Crippen LogP contribution in [0.5, 0.6) is 0 Å². The lowest BCUT2D eigenvalue weighted by molar-refractivity contribution is -0.145. The van der Waals surface area contributed by atoms with Crippen molar-refractivity contribution in [1.29, 1.82) is 0 Å². The number of nitrogens with zero attached hydrogens (tertiary/aromatic N) is 4. The molecule has 1 N–H and O–H groups in total. The van der Waals surface area contributed by atoms with Gasteiger partial charge in [-0.15, -0.1) is 0 Å².